The van der Waals surface area contributed by atoms with E-state index in [2.05, 4.69) is 16.2 Å². The number of amides is 1. The van der Waals surface area contributed by atoms with Gasteiger partial charge in [-0.1, -0.05) is 37.0 Å². The van der Waals surface area contributed by atoms with E-state index in [0.29, 0.717) is 16.7 Å². The third-order valence-electron chi connectivity index (χ3n) is 3.51. The van der Waals surface area contributed by atoms with Crippen molar-refractivity contribution in [3.05, 3.63) is 35.4 Å². The molecule has 1 aliphatic rings. The highest BCUT2D eigenvalue weighted by atomic mass is 32.1. The van der Waals surface area contributed by atoms with E-state index >= 15 is 0 Å². The van der Waals surface area contributed by atoms with Gasteiger partial charge in [-0.25, -0.2) is 0 Å². The molecule has 5 heteroatoms. The van der Waals surface area contributed by atoms with Crippen molar-refractivity contribution in [2.75, 3.05) is 0 Å². The van der Waals surface area contributed by atoms with Crippen LogP contribution >= 0.6 is 12.2 Å². The summed E-state index contributed by atoms with van der Waals surface area (Å²) in [5.74, 6) is -0.179. The van der Waals surface area contributed by atoms with Crippen LogP contribution in [0, 0.1) is 6.92 Å². The minimum atomic E-state index is -0.179. The van der Waals surface area contributed by atoms with E-state index in [9.17, 15) is 4.79 Å². The van der Waals surface area contributed by atoms with E-state index in [1.807, 2.05) is 25.1 Å². The van der Waals surface area contributed by atoms with Crippen LogP contribution in [0.15, 0.2) is 24.3 Å². The summed E-state index contributed by atoms with van der Waals surface area (Å²) in [6.07, 6.45) is 6.09. The zero-order chi connectivity index (χ0) is 14.4. The van der Waals surface area contributed by atoms with E-state index in [-0.39, 0.29) is 5.91 Å². The van der Waals surface area contributed by atoms with Crippen molar-refractivity contribution in [3.8, 4) is 0 Å². The molecule has 0 saturated heterocycles. The van der Waals surface area contributed by atoms with Gasteiger partial charge in [-0.15, -0.1) is 0 Å². The molecular weight excluding hydrogens is 270 g/mol. The second kappa shape index (κ2) is 7.24. The van der Waals surface area contributed by atoms with Crippen molar-refractivity contribution in [1.29, 1.82) is 0 Å². The van der Waals surface area contributed by atoms with E-state index in [0.717, 1.165) is 18.4 Å². The van der Waals surface area contributed by atoms with Crippen LogP contribution in [0.25, 0.3) is 0 Å². The lowest BCUT2D eigenvalue weighted by Gasteiger charge is -2.24. The third kappa shape index (κ3) is 4.49. The minimum absolute atomic E-state index is 0.179. The molecule has 108 valence electrons. The lowest BCUT2D eigenvalue weighted by Crippen LogP contribution is -2.50. The first-order valence-corrected chi connectivity index (χ1v) is 7.49. The summed E-state index contributed by atoms with van der Waals surface area (Å²) in [5, 5.41) is 3.73. The van der Waals surface area contributed by atoms with Crippen molar-refractivity contribution >= 4 is 23.2 Å². The quantitative estimate of drug-likeness (QED) is 0.579. The predicted molar refractivity (Wildman–Crippen MR) is 84.4 cm³/mol. The fourth-order valence-corrected chi connectivity index (χ4v) is 2.66. The van der Waals surface area contributed by atoms with E-state index in [1.54, 1.807) is 6.07 Å². The van der Waals surface area contributed by atoms with Gasteiger partial charge in [0, 0.05) is 11.6 Å². The van der Waals surface area contributed by atoms with Gasteiger partial charge in [-0.05, 0) is 44.1 Å². The molecule has 0 atom stereocenters. The molecule has 0 bridgehead atoms. The summed E-state index contributed by atoms with van der Waals surface area (Å²) in [4.78, 5) is 11.9. The summed E-state index contributed by atoms with van der Waals surface area (Å²) < 4.78 is 0. The van der Waals surface area contributed by atoms with Gasteiger partial charge in [0.15, 0.2) is 5.11 Å². The molecule has 3 N–H and O–H groups in total. The average Bonchev–Trinajstić information content (AvgIpc) is 2.46. The highest BCUT2D eigenvalue weighted by Crippen LogP contribution is 2.17. The number of rotatable bonds is 2. The maximum Gasteiger partial charge on any atom is 0.269 e. The molecule has 0 radical (unpaired) electrons. The van der Waals surface area contributed by atoms with E-state index in [1.165, 1.54) is 19.3 Å². The molecule has 2 rings (SSSR count). The van der Waals surface area contributed by atoms with Crippen LogP contribution in [0.3, 0.4) is 0 Å². The molecule has 1 aromatic carbocycles. The first kappa shape index (κ1) is 14.8. The molecular formula is C15H21N3OS. The second-order valence-electron chi connectivity index (χ2n) is 5.26. The summed E-state index contributed by atoms with van der Waals surface area (Å²) >= 11 is 5.19. The normalized spacial score (nSPS) is 15.4. The fourth-order valence-electron chi connectivity index (χ4n) is 2.44. The van der Waals surface area contributed by atoms with Crippen molar-refractivity contribution in [1.82, 2.24) is 16.2 Å². The highest BCUT2D eigenvalue weighted by Gasteiger charge is 2.14. The molecule has 0 heterocycles. The smallest absolute Gasteiger partial charge is 0.269 e. The van der Waals surface area contributed by atoms with Crippen molar-refractivity contribution in [3.63, 3.8) is 0 Å². The summed E-state index contributed by atoms with van der Waals surface area (Å²) in [6, 6.07) is 7.87. The van der Waals surface area contributed by atoms with Gasteiger partial charge in [-0.2, -0.15) is 0 Å². The van der Waals surface area contributed by atoms with Gasteiger partial charge in [0.2, 0.25) is 0 Å². The highest BCUT2D eigenvalue weighted by molar-refractivity contribution is 7.80. The number of nitrogens with one attached hydrogen (secondary N) is 3. The van der Waals surface area contributed by atoms with Crippen LogP contribution in [0.2, 0.25) is 0 Å². The molecule has 0 spiro atoms. The van der Waals surface area contributed by atoms with Crippen LogP contribution in [0.1, 0.15) is 48.0 Å². The number of benzene rings is 1. The van der Waals surface area contributed by atoms with Gasteiger partial charge < -0.3 is 5.32 Å². The number of hydrogen-bond donors (Lipinski definition) is 3. The summed E-state index contributed by atoms with van der Waals surface area (Å²) in [7, 11) is 0. The Morgan fingerprint density at radius 3 is 2.65 bits per heavy atom. The van der Waals surface area contributed by atoms with Crippen LogP contribution in [0.4, 0.5) is 0 Å². The van der Waals surface area contributed by atoms with Gasteiger partial charge >= 0.3 is 0 Å². The molecule has 4 nitrogen and oxygen atoms in total. The Bertz CT molecular complexity index is 484. The predicted octanol–water partition coefficient (Wildman–Crippen LogP) is 2.44. The topological polar surface area (TPSA) is 53.2 Å². The van der Waals surface area contributed by atoms with Crippen molar-refractivity contribution < 1.29 is 4.79 Å². The molecule has 0 aromatic heterocycles. The maximum absolute atomic E-state index is 11.9. The van der Waals surface area contributed by atoms with Crippen LogP contribution < -0.4 is 16.2 Å². The largest absolute Gasteiger partial charge is 0.359 e. The first-order valence-electron chi connectivity index (χ1n) is 7.08. The number of carbonyl (C=O) groups is 1. The lowest BCUT2D eigenvalue weighted by atomic mass is 9.96. The number of aryl methyl sites for hydroxylation is 1. The number of hydrazine groups is 1. The first-order chi connectivity index (χ1) is 9.65. The van der Waals surface area contributed by atoms with Gasteiger partial charge in [-0.3, -0.25) is 15.6 Å². The molecule has 1 aliphatic carbocycles. The molecule has 1 amide bonds. The van der Waals surface area contributed by atoms with Gasteiger partial charge in [0.25, 0.3) is 5.91 Å². The molecule has 20 heavy (non-hydrogen) atoms. The second-order valence-corrected chi connectivity index (χ2v) is 5.67. The Kier molecular flexibility index (Phi) is 5.35. The number of carbonyl (C=O) groups excluding carboxylic acids is 1. The van der Waals surface area contributed by atoms with Crippen molar-refractivity contribution in [2.45, 2.75) is 45.1 Å². The Balaban J connectivity index is 1.76. The Hall–Kier alpha value is -1.62. The monoisotopic (exact) mass is 291 g/mol. The van der Waals surface area contributed by atoms with Crippen LogP contribution in [-0.4, -0.2) is 17.1 Å². The number of thiocarbonyl (C=S) groups is 1. The SMILES string of the molecule is Cc1cccc(C(=O)NNC(=S)NC2CCCCC2)c1. The number of hydrogen-bond acceptors (Lipinski definition) is 2. The zero-order valence-corrected chi connectivity index (χ0v) is 12.6. The molecule has 1 aromatic rings. The minimum Gasteiger partial charge on any atom is -0.359 e. The van der Waals surface area contributed by atoms with Crippen LogP contribution in [0.5, 0.6) is 0 Å². The standard InChI is InChI=1S/C15H21N3OS/c1-11-6-5-7-12(10-11)14(19)17-18-15(20)16-13-8-3-2-4-9-13/h5-7,10,13H,2-4,8-9H2,1H3,(H,17,19)(H2,16,18,20). The maximum atomic E-state index is 11.9. The Morgan fingerprint density at radius 2 is 1.95 bits per heavy atom. The van der Waals surface area contributed by atoms with E-state index in [4.69, 9.17) is 12.2 Å². The third-order valence-corrected chi connectivity index (χ3v) is 3.73. The van der Waals surface area contributed by atoms with Crippen molar-refractivity contribution in [2.24, 2.45) is 0 Å². The molecule has 1 saturated carbocycles. The van der Waals surface area contributed by atoms with Crippen LogP contribution in [-0.2, 0) is 0 Å². The van der Waals surface area contributed by atoms with Gasteiger partial charge in [0.05, 0.1) is 0 Å². The molecule has 0 aliphatic heterocycles. The zero-order valence-electron chi connectivity index (χ0n) is 11.7. The Labute approximate surface area is 125 Å². The lowest BCUT2D eigenvalue weighted by molar-refractivity contribution is 0.0943. The Morgan fingerprint density at radius 1 is 1.20 bits per heavy atom. The summed E-state index contributed by atoms with van der Waals surface area (Å²) in [5.41, 5.74) is 7.07. The summed E-state index contributed by atoms with van der Waals surface area (Å²) in [6.45, 7) is 1.96. The molecule has 0 unspecified atom stereocenters. The average molecular weight is 291 g/mol. The van der Waals surface area contributed by atoms with Gasteiger partial charge in [0.1, 0.15) is 0 Å². The molecule has 1 fully saturated rings. The fraction of sp³-hybridized carbons (Fsp3) is 0.467. The van der Waals surface area contributed by atoms with E-state index < -0.39 is 0 Å².